The van der Waals surface area contributed by atoms with Crippen LogP contribution in [-0.4, -0.2) is 26.6 Å². The number of rotatable bonds is 6. The maximum absolute atomic E-state index is 6.32. The molecule has 0 radical (unpaired) electrons. The smallest absolute Gasteiger partial charge is 0.245 e. The second kappa shape index (κ2) is 6.60. The number of fused-ring (bicyclic) bond motifs is 1. The molecule has 0 aliphatic rings. The summed E-state index contributed by atoms with van der Waals surface area (Å²) >= 11 is 6.32. The molecule has 0 bridgehead atoms. The number of methoxy groups -OCH3 is 1. The van der Waals surface area contributed by atoms with Gasteiger partial charge in [-0.15, -0.1) is 11.6 Å². The fourth-order valence-corrected chi connectivity index (χ4v) is 2.78. The Kier molecular flexibility index (Phi) is 5.04. The van der Waals surface area contributed by atoms with Gasteiger partial charge in [0.25, 0.3) is 0 Å². The first-order valence-corrected chi connectivity index (χ1v) is 7.84. The van der Waals surface area contributed by atoms with E-state index in [4.69, 9.17) is 16.3 Å². The monoisotopic (exact) mass is 310 g/mol. The summed E-state index contributed by atoms with van der Waals surface area (Å²) in [6.07, 6.45) is 3.73. The summed E-state index contributed by atoms with van der Waals surface area (Å²) in [6, 6.07) is 0.278. The molecule has 0 aromatic carbocycles. The maximum atomic E-state index is 6.32. The number of halogens is 1. The van der Waals surface area contributed by atoms with E-state index in [1.54, 1.807) is 7.11 Å². The second-order valence-corrected chi connectivity index (χ2v) is 6.26. The highest BCUT2D eigenvalue weighted by Gasteiger charge is 2.23. The quantitative estimate of drug-likeness (QED) is 0.753. The summed E-state index contributed by atoms with van der Waals surface area (Å²) in [6.45, 7) is 8.58. The van der Waals surface area contributed by atoms with Gasteiger partial charge in [0.2, 0.25) is 5.88 Å². The first-order chi connectivity index (χ1) is 9.99. The van der Waals surface area contributed by atoms with Gasteiger partial charge in [0.15, 0.2) is 11.2 Å². The van der Waals surface area contributed by atoms with Crippen LogP contribution in [-0.2, 0) is 0 Å². The average Bonchev–Trinajstić information content (AvgIpc) is 2.86. The van der Waals surface area contributed by atoms with Crippen molar-refractivity contribution < 1.29 is 4.74 Å². The molecule has 0 aliphatic heterocycles. The van der Waals surface area contributed by atoms with Crippen molar-refractivity contribution in [2.45, 2.75) is 52.0 Å². The van der Waals surface area contributed by atoms with Crippen molar-refractivity contribution >= 4 is 22.8 Å². The van der Waals surface area contributed by atoms with Crippen molar-refractivity contribution in [2.24, 2.45) is 5.92 Å². The van der Waals surface area contributed by atoms with Crippen LogP contribution >= 0.6 is 11.6 Å². The zero-order valence-corrected chi connectivity index (χ0v) is 14.1. The highest BCUT2D eigenvalue weighted by molar-refractivity contribution is 6.20. The van der Waals surface area contributed by atoms with E-state index in [1.807, 2.05) is 6.92 Å². The van der Waals surface area contributed by atoms with Crippen LogP contribution in [0.2, 0.25) is 0 Å². The van der Waals surface area contributed by atoms with Gasteiger partial charge >= 0.3 is 0 Å². The van der Waals surface area contributed by atoms with Crippen LogP contribution in [0.4, 0.5) is 0 Å². The van der Waals surface area contributed by atoms with Crippen LogP contribution in [0.15, 0.2) is 6.33 Å². The molecule has 116 valence electrons. The molecule has 2 aromatic heterocycles. The van der Waals surface area contributed by atoms with Gasteiger partial charge in [0.1, 0.15) is 12.2 Å². The largest absolute Gasteiger partial charge is 0.479 e. The molecule has 5 nitrogen and oxygen atoms in total. The number of alkyl halides is 1. The van der Waals surface area contributed by atoms with Crippen molar-refractivity contribution in [1.29, 1.82) is 0 Å². The van der Waals surface area contributed by atoms with Crippen LogP contribution in [0.1, 0.15) is 57.8 Å². The Morgan fingerprint density at radius 2 is 2.00 bits per heavy atom. The van der Waals surface area contributed by atoms with E-state index in [0.717, 1.165) is 24.3 Å². The van der Waals surface area contributed by atoms with Crippen molar-refractivity contribution in [2.75, 3.05) is 7.11 Å². The number of nitrogens with zero attached hydrogens (tertiary/aromatic N) is 4. The molecule has 2 heterocycles. The number of hydrogen-bond acceptors (Lipinski definition) is 4. The molecule has 3 atom stereocenters. The van der Waals surface area contributed by atoms with Crippen molar-refractivity contribution in [3.05, 3.63) is 12.2 Å². The van der Waals surface area contributed by atoms with Crippen LogP contribution in [0.3, 0.4) is 0 Å². The Balaban J connectivity index is 2.56. The number of aromatic nitrogens is 4. The fourth-order valence-electron chi connectivity index (χ4n) is 2.62. The third-order valence-electron chi connectivity index (χ3n) is 3.90. The molecule has 21 heavy (non-hydrogen) atoms. The van der Waals surface area contributed by atoms with Crippen molar-refractivity contribution in [3.8, 4) is 5.88 Å². The molecular formula is C15H23ClN4O. The summed E-state index contributed by atoms with van der Waals surface area (Å²) in [5.41, 5.74) is 1.47. The molecule has 2 rings (SSSR count). The molecule has 0 spiro atoms. The second-order valence-electron chi connectivity index (χ2n) is 5.61. The van der Waals surface area contributed by atoms with Gasteiger partial charge < -0.3 is 9.30 Å². The molecule has 2 aromatic rings. The molecule has 0 fully saturated rings. The first-order valence-electron chi connectivity index (χ1n) is 7.40. The highest BCUT2D eigenvalue weighted by atomic mass is 35.5. The molecule has 0 saturated carbocycles. The van der Waals surface area contributed by atoms with E-state index < -0.39 is 0 Å². The first kappa shape index (κ1) is 16.0. The number of imidazole rings is 1. The Morgan fingerprint density at radius 3 is 2.57 bits per heavy atom. The Labute approximate surface area is 130 Å². The highest BCUT2D eigenvalue weighted by Crippen LogP contribution is 2.32. The maximum Gasteiger partial charge on any atom is 0.245 e. The molecule has 0 aliphatic carbocycles. The van der Waals surface area contributed by atoms with Crippen molar-refractivity contribution in [1.82, 2.24) is 19.5 Å². The van der Waals surface area contributed by atoms with E-state index in [2.05, 4.69) is 40.3 Å². The Morgan fingerprint density at radius 1 is 1.29 bits per heavy atom. The van der Waals surface area contributed by atoms with E-state index >= 15 is 0 Å². The van der Waals surface area contributed by atoms with Crippen LogP contribution in [0.5, 0.6) is 5.88 Å². The van der Waals surface area contributed by atoms with Crippen molar-refractivity contribution in [3.63, 3.8) is 0 Å². The van der Waals surface area contributed by atoms with Gasteiger partial charge in [-0.25, -0.2) is 9.97 Å². The zero-order chi connectivity index (χ0) is 15.6. The fraction of sp³-hybridized carbons (Fsp3) is 0.667. The van der Waals surface area contributed by atoms with Crippen LogP contribution < -0.4 is 4.74 Å². The topological polar surface area (TPSA) is 52.8 Å². The zero-order valence-electron chi connectivity index (χ0n) is 13.3. The standard InChI is InChI=1S/C15H23ClN4O/c1-6-9(2)7-10(3)20-13(11(4)16)19-12-14(20)17-8-18-15(12)21-5/h8-11H,6-7H2,1-5H3. The predicted octanol–water partition coefficient (Wildman–Crippen LogP) is 4.13. The molecule has 3 unspecified atom stereocenters. The molecular weight excluding hydrogens is 288 g/mol. The third kappa shape index (κ3) is 3.12. The van der Waals surface area contributed by atoms with Crippen LogP contribution in [0.25, 0.3) is 11.2 Å². The van der Waals surface area contributed by atoms with Gasteiger partial charge in [0, 0.05) is 6.04 Å². The lowest BCUT2D eigenvalue weighted by molar-refractivity contribution is 0.394. The summed E-state index contributed by atoms with van der Waals surface area (Å²) in [7, 11) is 1.59. The van der Waals surface area contributed by atoms with Gasteiger partial charge in [-0.05, 0) is 26.2 Å². The summed E-state index contributed by atoms with van der Waals surface area (Å²) < 4.78 is 7.42. The molecule has 0 amide bonds. The van der Waals surface area contributed by atoms with Gasteiger partial charge in [-0.2, -0.15) is 4.98 Å². The normalized spacial score (nSPS) is 15.9. The predicted molar refractivity (Wildman–Crippen MR) is 84.9 cm³/mol. The van der Waals surface area contributed by atoms with Gasteiger partial charge in [-0.1, -0.05) is 20.3 Å². The lowest BCUT2D eigenvalue weighted by Gasteiger charge is -2.20. The van der Waals surface area contributed by atoms with Crippen LogP contribution in [0, 0.1) is 5.92 Å². The van der Waals surface area contributed by atoms with E-state index in [1.165, 1.54) is 6.33 Å². The summed E-state index contributed by atoms with van der Waals surface area (Å²) in [5, 5.41) is -0.191. The van der Waals surface area contributed by atoms with E-state index in [9.17, 15) is 0 Å². The summed E-state index contributed by atoms with van der Waals surface area (Å²) in [4.78, 5) is 13.1. The molecule has 0 saturated heterocycles. The lowest BCUT2D eigenvalue weighted by atomic mass is 10.00. The third-order valence-corrected chi connectivity index (χ3v) is 4.10. The minimum absolute atomic E-state index is 0.191. The van der Waals surface area contributed by atoms with E-state index in [0.29, 0.717) is 17.3 Å². The summed E-state index contributed by atoms with van der Waals surface area (Å²) in [5.74, 6) is 1.95. The molecule has 0 N–H and O–H groups in total. The minimum atomic E-state index is -0.191. The number of ether oxygens (including phenoxy) is 1. The minimum Gasteiger partial charge on any atom is -0.479 e. The molecule has 6 heteroatoms. The van der Waals surface area contributed by atoms with E-state index in [-0.39, 0.29) is 11.4 Å². The lowest BCUT2D eigenvalue weighted by Crippen LogP contribution is -2.13. The van der Waals surface area contributed by atoms with Gasteiger partial charge in [0.05, 0.1) is 12.5 Å². The Bertz CT molecular complexity index is 611. The Hall–Kier alpha value is -1.36. The SMILES string of the molecule is CCC(C)CC(C)n1c(C(C)Cl)nc2c(OC)ncnc21. The van der Waals surface area contributed by atoms with Gasteiger partial charge in [-0.3, -0.25) is 0 Å². The average molecular weight is 311 g/mol. The number of hydrogen-bond donors (Lipinski definition) is 0.